The standard InChI is InChI=1S/C12H25ClO/c1-5-8-11(13)9-6-7-10-12(2,3)14-4/h11H,5-10H2,1-4H3. The van der Waals surface area contributed by atoms with Crippen LogP contribution in [0.3, 0.4) is 0 Å². The Morgan fingerprint density at radius 1 is 1.21 bits per heavy atom. The van der Waals surface area contributed by atoms with Gasteiger partial charge in [-0.05, 0) is 33.1 Å². The van der Waals surface area contributed by atoms with Crippen molar-refractivity contribution in [2.24, 2.45) is 0 Å². The van der Waals surface area contributed by atoms with Crippen LogP contribution in [0.1, 0.15) is 59.3 Å². The number of rotatable bonds is 8. The van der Waals surface area contributed by atoms with Crippen LogP contribution in [0.4, 0.5) is 0 Å². The lowest BCUT2D eigenvalue weighted by Gasteiger charge is -2.22. The number of hydrogen-bond donors (Lipinski definition) is 0. The normalized spacial score (nSPS) is 14.4. The van der Waals surface area contributed by atoms with E-state index in [9.17, 15) is 0 Å². The van der Waals surface area contributed by atoms with Crippen LogP contribution in [0, 0.1) is 0 Å². The average molecular weight is 221 g/mol. The fourth-order valence-corrected chi connectivity index (χ4v) is 1.85. The minimum atomic E-state index is 0.0343. The maximum Gasteiger partial charge on any atom is 0.0622 e. The molecule has 0 N–H and O–H groups in total. The van der Waals surface area contributed by atoms with Gasteiger partial charge in [-0.1, -0.05) is 26.2 Å². The smallest absolute Gasteiger partial charge is 0.0622 e. The minimum Gasteiger partial charge on any atom is -0.379 e. The second kappa shape index (κ2) is 7.53. The van der Waals surface area contributed by atoms with E-state index in [0.717, 1.165) is 19.3 Å². The monoisotopic (exact) mass is 220 g/mol. The zero-order valence-electron chi connectivity index (χ0n) is 10.1. The van der Waals surface area contributed by atoms with Crippen LogP contribution in [-0.4, -0.2) is 18.1 Å². The van der Waals surface area contributed by atoms with Crippen molar-refractivity contribution in [3.63, 3.8) is 0 Å². The van der Waals surface area contributed by atoms with Gasteiger partial charge >= 0.3 is 0 Å². The molecule has 1 nitrogen and oxygen atoms in total. The third-order valence-corrected chi connectivity index (χ3v) is 3.14. The summed E-state index contributed by atoms with van der Waals surface area (Å²) in [6.45, 7) is 6.46. The molecule has 0 aliphatic rings. The lowest BCUT2D eigenvalue weighted by molar-refractivity contribution is 0.0134. The van der Waals surface area contributed by atoms with E-state index in [1.165, 1.54) is 19.3 Å². The summed E-state index contributed by atoms with van der Waals surface area (Å²) in [6.07, 6.45) is 7.05. The second-order valence-corrected chi connectivity index (χ2v) is 5.21. The van der Waals surface area contributed by atoms with Crippen LogP contribution >= 0.6 is 11.6 Å². The zero-order chi connectivity index (χ0) is 11.0. The topological polar surface area (TPSA) is 9.23 Å². The van der Waals surface area contributed by atoms with Crippen molar-refractivity contribution in [3.05, 3.63) is 0 Å². The molecular formula is C12H25ClO. The summed E-state index contributed by atoms with van der Waals surface area (Å²) >= 11 is 6.13. The lowest BCUT2D eigenvalue weighted by Crippen LogP contribution is -2.21. The molecular weight excluding hydrogens is 196 g/mol. The summed E-state index contributed by atoms with van der Waals surface area (Å²) in [5.74, 6) is 0. The molecule has 0 aromatic rings. The van der Waals surface area contributed by atoms with Crippen LogP contribution in [-0.2, 0) is 4.74 Å². The Kier molecular flexibility index (Phi) is 7.66. The van der Waals surface area contributed by atoms with E-state index in [4.69, 9.17) is 16.3 Å². The van der Waals surface area contributed by atoms with Gasteiger partial charge in [-0.2, -0.15) is 0 Å². The van der Waals surface area contributed by atoms with Crippen molar-refractivity contribution >= 4 is 11.6 Å². The maximum atomic E-state index is 6.13. The van der Waals surface area contributed by atoms with Gasteiger partial charge in [0.25, 0.3) is 0 Å². The number of hydrogen-bond acceptors (Lipinski definition) is 1. The Labute approximate surface area is 94.2 Å². The molecule has 0 fully saturated rings. The van der Waals surface area contributed by atoms with Crippen molar-refractivity contribution < 1.29 is 4.74 Å². The number of unbranched alkanes of at least 4 members (excludes halogenated alkanes) is 1. The highest BCUT2D eigenvalue weighted by atomic mass is 35.5. The molecule has 0 spiro atoms. The van der Waals surface area contributed by atoms with Gasteiger partial charge in [-0.25, -0.2) is 0 Å². The first-order chi connectivity index (χ1) is 6.52. The summed E-state index contributed by atoms with van der Waals surface area (Å²) in [5.41, 5.74) is 0.0343. The Morgan fingerprint density at radius 3 is 2.36 bits per heavy atom. The molecule has 0 radical (unpaired) electrons. The molecule has 0 aliphatic carbocycles. The van der Waals surface area contributed by atoms with E-state index in [0.29, 0.717) is 5.38 Å². The van der Waals surface area contributed by atoms with Gasteiger partial charge in [-0.15, -0.1) is 11.6 Å². The lowest BCUT2D eigenvalue weighted by atomic mass is 9.99. The van der Waals surface area contributed by atoms with E-state index in [2.05, 4.69) is 20.8 Å². The SMILES string of the molecule is CCCC(Cl)CCCCC(C)(C)OC. The van der Waals surface area contributed by atoms with Crippen molar-refractivity contribution in [1.29, 1.82) is 0 Å². The highest BCUT2D eigenvalue weighted by molar-refractivity contribution is 6.20. The van der Waals surface area contributed by atoms with Gasteiger partial charge in [0.15, 0.2) is 0 Å². The molecule has 0 aromatic heterocycles. The fraction of sp³-hybridized carbons (Fsp3) is 1.00. The molecule has 2 heteroatoms. The summed E-state index contributed by atoms with van der Waals surface area (Å²) < 4.78 is 5.36. The molecule has 86 valence electrons. The minimum absolute atomic E-state index is 0.0343. The molecule has 0 heterocycles. The Hall–Kier alpha value is 0.250. The van der Waals surface area contributed by atoms with Crippen LogP contribution in [0.2, 0.25) is 0 Å². The molecule has 0 amide bonds. The Morgan fingerprint density at radius 2 is 1.86 bits per heavy atom. The average Bonchev–Trinajstić information content (AvgIpc) is 2.13. The molecule has 0 aromatic carbocycles. The predicted molar refractivity (Wildman–Crippen MR) is 64.1 cm³/mol. The Balaban J connectivity index is 3.37. The van der Waals surface area contributed by atoms with E-state index < -0.39 is 0 Å². The van der Waals surface area contributed by atoms with Crippen molar-refractivity contribution in [2.45, 2.75) is 70.3 Å². The number of methoxy groups -OCH3 is 1. The van der Waals surface area contributed by atoms with Crippen LogP contribution in [0.15, 0.2) is 0 Å². The van der Waals surface area contributed by atoms with E-state index in [1.807, 2.05) is 0 Å². The van der Waals surface area contributed by atoms with Gasteiger partial charge in [0, 0.05) is 12.5 Å². The number of halogens is 1. The molecule has 0 saturated carbocycles. The molecule has 0 aliphatic heterocycles. The summed E-state index contributed by atoms with van der Waals surface area (Å²) in [7, 11) is 1.78. The highest BCUT2D eigenvalue weighted by Crippen LogP contribution is 2.20. The quantitative estimate of drug-likeness (QED) is 0.436. The van der Waals surface area contributed by atoms with Gasteiger partial charge in [0.1, 0.15) is 0 Å². The largest absolute Gasteiger partial charge is 0.379 e. The van der Waals surface area contributed by atoms with Crippen molar-refractivity contribution in [1.82, 2.24) is 0 Å². The van der Waals surface area contributed by atoms with Crippen molar-refractivity contribution in [2.75, 3.05) is 7.11 Å². The summed E-state index contributed by atoms with van der Waals surface area (Å²) in [6, 6.07) is 0. The Bertz CT molecular complexity index is 134. The molecule has 0 rings (SSSR count). The third kappa shape index (κ3) is 7.64. The highest BCUT2D eigenvalue weighted by Gasteiger charge is 2.15. The second-order valence-electron chi connectivity index (χ2n) is 4.60. The zero-order valence-corrected chi connectivity index (χ0v) is 10.9. The van der Waals surface area contributed by atoms with E-state index in [1.54, 1.807) is 7.11 Å². The summed E-state index contributed by atoms with van der Waals surface area (Å²) in [5, 5.41) is 0.380. The molecule has 0 saturated heterocycles. The molecule has 14 heavy (non-hydrogen) atoms. The van der Waals surface area contributed by atoms with Gasteiger partial charge in [0.05, 0.1) is 5.60 Å². The molecule has 0 bridgehead atoms. The van der Waals surface area contributed by atoms with E-state index >= 15 is 0 Å². The predicted octanol–water partition coefficient (Wildman–Crippen LogP) is 4.38. The van der Waals surface area contributed by atoms with Crippen LogP contribution in [0.25, 0.3) is 0 Å². The number of ether oxygens (including phenoxy) is 1. The van der Waals surface area contributed by atoms with Gasteiger partial charge < -0.3 is 4.74 Å². The first-order valence-corrected chi connectivity index (χ1v) is 6.14. The van der Waals surface area contributed by atoms with Crippen LogP contribution < -0.4 is 0 Å². The first-order valence-electron chi connectivity index (χ1n) is 5.71. The van der Waals surface area contributed by atoms with Crippen molar-refractivity contribution in [3.8, 4) is 0 Å². The van der Waals surface area contributed by atoms with Gasteiger partial charge in [0.2, 0.25) is 0 Å². The van der Waals surface area contributed by atoms with Crippen LogP contribution in [0.5, 0.6) is 0 Å². The molecule has 1 atom stereocenters. The summed E-state index contributed by atoms with van der Waals surface area (Å²) in [4.78, 5) is 0. The fourth-order valence-electron chi connectivity index (χ4n) is 1.48. The third-order valence-electron chi connectivity index (χ3n) is 2.70. The maximum absolute atomic E-state index is 6.13. The van der Waals surface area contributed by atoms with E-state index in [-0.39, 0.29) is 5.60 Å². The molecule has 1 unspecified atom stereocenters. The van der Waals surface area contributed by atoms with Gasteiger partial charge in [-0.3, -0.25) is 0 Å². The number of alkyl halides is 1. The first kappa shape index (κ1) is 14.2.